The summed E-state index contributed by atoms with van der Waals surface area (Å²) in [7, 11) is 0. The number of nitrogen functional groups attached to an aromatic ring is 1. The van der Waals surface area contributed by atoms with Gasteiger partial charge in [0.1, 0.15) is 5.84 Å². The summed E-state index contributed by atoms with van der Waals surface area (Å²) < 4.78 is 5.43. The number of hydrogen-bond acceptors (Lipinski definition) is 6. The summed E-state index contributed by atoms with van der Waals surface area (Å²) in [5.41, 5.74) is 11.0. The van der Waals surface area contributed by atoms with Gasteiger partial charge >= 0.3 is 0 Å². The van der Waals surface area contributed by atoms with Crippen LogP contribution in [0.2, 0.25) is 0 Å². The predicted octanol–water partition coefficient (Wildman–Crippen LogP) is 3.44. The van der Waals surface area contributed by atoms with Crippen molar-refractivity contribution in [3.63, 3.8) is 0 Å². The van der Waals surface area contributed by atoms with Crippen LogP contribution >= 0.6 is 0 Å². The summed E-state index contributed by atoms with van der Waals surface area (Å²) in [6, 6.07) is 26.1. The van der Waals surface area contributed by atoms with E-state index in [0.29, 0.717) is 18.7 Å². The summed E-state index contributed by atoms with van der Waals surface area (Å²) in [4.78, 5) is 14.7. The van der Waals surface area contributed by atoms with Crippen LogP contribution in [0.1, 0.15) is 36.1 Å². The Morgan fingerprint density at radius 1 is 0.925 bits per heavy atom. The second kappa shape index (κ2) is 17.1. The van der Waals surface area contributed by atoms with E-state index in [1.807, 2.05) is 25.1 Å². The molecular formula is C32H44N6O2. The van der Waals surface area contributed by atoms with Gasteiger partial charge < -0.3 is 31.3 Å². The van der Waals surface area contributed by atoms with Crippen molar-refractivity contribution in [1.29, 1.82) is 5.41 Å². The molecule has 0 radical (unpaired) electrons. The molecule has 1 heterocycles. The topological polar surface area (TPSA) is 115 Å². The van der Waals surface area contributed by atoms with Crippen molar-refractivity contribution in [3.05, 3.63) is 101 Å². The van der Waals surface area contributed by atoms with Crippen LogP contribution in [0.4, 0.5) is 5.69 Å². The molecule has 1 saturated heterocycles. The van der Waals surface area contributed by atoms with Crippen LogP contribution in [-0.4, -0.2) is 57.2 Å². The van der Waals surface area contributed by atoms with Crippen LogP contribution in [0.5, 0.6) is 0 Å². The number of rotatable bonds is 12. The second-order valence-corrected chi connectivity index (χ2v) is 9.79. The maximum atomic E-state index is 12.3. The van der Waals surface area contributed by atoms with E-state index in [1.54, 1.807) is 12.1 Å². The lowest BCUT2D eigenvalue weighted by molar-refractivity contribution is -0.122. The monoisotopic (exact) mass is 544 g/mol. The zero-order valence-electron chi connectivity index (χ0n) is 23.8. The van der Waals surface area contributed by atoms with Crippen molar-refractivity contribution in [2.75, 3.05) is 44.3 Å². The average Bonchev–Trinajstić information content (AvgIpc) is 3.01. The maximum absolute atomic E-state index is 12.3. The Morgan fingerprint density at radius 2 is 1.62 bits per heavy atom. The largest absolute Gasteiger partial charge is 0.384 e. The van der Waals surface area contributed by atoms with E-state index >= 15 is 0 Å². The third-order valence-corrected chi connectivity index (χ3v) is 6.74. The molecule has 1 aliphatic heterocycles. The maximum Gasteiger partial charge on any atom is 0.237 e. The molecule has 3 aromatic rings. The van der Waals surface area contributed by atoms with Crippen LogP contribution in [0, 0.1) is 5.41 Å². The van der Waals surface area contributed by atoms with Crippen molar-refractivity contribution in [1.82, 2.24) is 16.0 Å². The van der Waals surface area contributed by atoms with E-state index in [9.17, 15) is 4.79 Å². The number of nitrogens with zero attached hydrogens (tertiary/aromatic N) is 1. The van der Waals surface area contributed by atoms with Gasteiger partial charge in [-0.05, 0) is 42.2 Å². The first-order chi connectivity index (χ1) is 19.5. The van der Waals surface area contributed by atoms with Crippen molar-refractivity contribution in [2.45, 2.75) is 39.4 Å². The zero-order valence-corrected chi connectivity index (χ0v) is 23.8. The molecule has 0 aliphatic carbocycles. The van der Waals surface area contributed by atoms with Crippen molar-refractivity contribution in [2.24, 2.45) is 5.73 Å². The van der Waals surface area contributed by atoms with Crippen molar-refractivity contribution in [3.8, 4) is 0 Å². The Labute approximate surface area is 238 Å². The SMILES string of the molecule is CC(NCCNCc1cccc(N2CCOCC2)c1)C(=O)NCc1ccc(C(=N)N)cc1.CCc1ccccc1. The third kappa shape index (κ3) is 10.8. The highest BCUT2D eigenvalue weighted by Crippen LogP contribution is 2.17. The number of hydrogen-bond donors (Lipinski definition) is 5. The highest BCUT2D eigenvalue weighted by atomic mass is 16.5. The number of carbonyl (C=O) groups excluding carboxylic acids is 1. The fraction of sp³-hybridized carbons (Fsp3) is 0.375. The van der Waals surface area contributed by atoms with Gasteiger partial charge in [-0.2, -0.15) is 0 Å². The molecule has 0 saturated carbocycles. The van der Waals surface area contributed by atoms with Gasteiger partial charge in [0.05, 0.1) is 19.3 Å². The molecule has 1 aliphatic rings. The van der Waals surface area contributed by atoms with E-state index in [0.717, 1.165) is 51.4 Å². The first-order valence-electron chi connectivity index (χ1n) is 14.1. The van der Waals surface area contributed by atoms with Gasteiger partial charge in [0.15, 0.2) is 0 Å². The molecule has 0 bridgehead atoms. The van der Waals surface area contributed by atoms with Gasteiger partial charge in [-0.15, -0.1) is 0 Å². The number of aryl methyl sites for hydroxylation is 1. The molecule has 8 nitrogen and oxygen atoms in total. The minimum atomic E-state index is -0.280. The quantitative estimate of drug-likeness (QED) is 0.136. The van der Waals surface area contributed by atoms with Gasteiger partial charge in [-0.25, -0.2) is 0 Å². The smallest absolute Gasteiger partial charge is 0.237 e. The van der Waals surface area contributed by atoms with Crippen LogP contribution in [0.25, 0.3) is 0 Å². The van der Waals surface area contributed by atoms with Gasteiger partial charge in [-0.1, -0.05) is 73.7 Å². The van der Waals surface area contributed by atoms with Gasteiger partial charge in [0, 0.05) is 50.5 Å². The molecule has 8 heteroatoms. The summed E-state index contributed by atoms with van der Waals surface area (Å²) in [6.45, 7) is 10.2. The van der Waals surface area contributed by atoms with E-state index in [4.69, 9.17) is 15.9 Å². The van der Waals surface area contributed by atoms with Crippen LogP contribution < -0.4 is 26.6 Å². The predicted molar refractivity (Wildman–Crippen MR) is 164 cm³/mol. The molecule has 1 amide bonds. The number of anilines is 1. The summed E-state index contributed by atoms with van der Waals surface area (Å²) in [6.07, 6.45) is 1.14. The Kier molecular flexibility index (Phi) is 13.2. The minimum Gasteiger partial charge on any atom is -0.384 e. The number of ether oxygens (including phenoxy) is 1. The summed E-state index contributed by atoms with van der Waals surface area (Å²) in [5, 5.41) is 17.0. The Hall–Kier alpha value is -3.72. The molecule has 1 fully saturated rings. The molecule has 0 aromatic heterocycles. The van der Waals surface area contributed by atoms with Crippen molar-refractivity contribution >= 4 is 17.4 Å². The Bertz CT molecular complexity index is 1160. The number of amidine groups is 1. The summed E-state index contributed by atoms with van der Waals surface area (Å²) >= 11 is 0. The number of nitrogens with two attached hydrogens (primary N) is 1. The van der Waals surface area contributed by atoms with E-state index in [1.165, 1.54) is 16.8 Å². The Morgan fingerprint density at radius 3 is 2.27 bits per heavy atom. The van der Waals surface area contributed by atoms with Gasteiger partial charge in [0.25, 0.3) is 0 Å². The zero-order chi connectivity index (χ0) is 28.6. The molecule has 1 unspecified atom stereocenters. The average molecular weight is 545 g/mol. The summed E-state index contributed by atoms with van der Waals surface area (Å²) in [5.74, 6) is -0.00400. The standard InChI is InChI=1S/C24H34N6O2.C8H10/c1-18(24(31)29-17-19-5-7-21(8-6-19)23(25)26)28-10-9-27-16-20-3-2-4-22(15-20)30-11-13-32-14-12-30;1-2-8-6-4-3-5-7-8/h2-8,15,18,27-28H,9-14,16-17H2,1H3,(H3,25,26)(H,29,31);3-7H,2H2,1H3. The second-order valence-electron chi connectivity index (χ2n) is 9.79. The van der Waals surface area contributed by atoms with E-state index in [2.05, 4.69) is 76.3 Å². The number of amides is 1. The molecule has 3 aromatic carbocycles. The third-order valence-electron chi connectivity index (χ3n) is 6.74. The van der Waals surface area contributed by atoms with Crippen LogP contribution in [0.15, 0.2) is 78.9 Å². The lowest BCUT2D eigenvalue weighted by Crippen LogP contribution is -2.44. The minimum absolute atomic E-state index is 0.0387. The number of carbonyl (C=O) groups is 1. The molecule has 0 spiro atoms. The molecule has 1 atom stereocenters. The fourth-order valence-corrected chi connectivity index (χ4v) is 4.25. The fourth-order valence-electron chi connectivity index (χ4n) is 4.25. The highest BCUT2D eigenvalue weighted by molar-refractivity contribution is 5.94. The lowest BCUT2D eigenvalue weighted by atomic mass is 10.1. The molecular weight excluding hydrogens is 500 g/mol. The molecule has 6 N–H and O–H groups in total. The van der Waals surface area contributed by atoms with Crippen LogP contribution in [-0.2, 0) is 29.0 Å². The van der Waals surface area contributed by atoms with Gasteiger partial charge in [0.2, 0.25) is 5.91 Å². The first-order valence-corrected chi connectivity index (χ1v) is 14.1. The molecule has 4 rings (SSSR count). The number of morpholine rings is 1. The normalized spacial score (nSPS) is 13.6. The molecule has 40 heavy (non-hydrogen) atoms. The Balaban J connectivity index is 0.000000472. The van der Waals surface area contributed by atoms with Crippen molar-refractivity contribution < 1.29 is 9.53 Å². The highest BCUT2D eigenvalue weighted by Gasteiger charge is 2.12. The van der Waals surface area contributed by atoms with Gasteiger partial charge in [-0.3, -0.25) is 10.2 Å². The lowest BCUT2D eigenvalue weighted by Gasteiger charge is -2.29. The van der Waals surface area contributed by atoms with Crippen LogP contribution in [0.3, 0.4) is 0 Å². The van der Waals surface area contributed by atoms with E-state index in [-0.39, 0.29) is 17.8 Å². The first kappa shape index (κ1) is 30.8. The number of benzene rings is 3. The van der Waals surface area contributed by atoms with E-state index < -0.39 is 0 Å². The molecule has 214 valence electrons. The number of nitrogens with one attached hydrogen (secondary N) is 4.